The van der Waals surface area contributed by atoms with Gasteiger partial charge in [0.15, 0.2) is 0 Å². The number of carbonyl (C=O) groups excluding carboxylic acids is 1. The molecule has 1 amide bonds. The third-order valence-corrected chi connectivity index (χ3v) is 3.77. The SMILES string of the molecule is Cc1ccc(C(=O)N[C@@H](Cc2ncc[nH]2)c2ccccc2)cc1. The van der Waals surface area contributed by atoms with Crippen molar-refractivity contribution in [3.8, 4) is 0 Å². The molecule has 3 rings (SSSR count). The van der Waals surface area contributed by atoms with Gasteiger partial charge in [0.2, 0.25) is 0 Å². The first-order valence-corrected chi connectivity index (χ1v) is 7.63. The molecule has 0 unspecified atom stereocenters. The van der Waals surface area contributed by atoms with Crippen molar-refractivity contribution in [1.82, 2.24) is 15.3 Å². The van der Waals surface area contributed by atoms with E-state index in [1.807, 2.05) is 61.5 Å². The summed E-state index contributed by atoms with van der Waals surface area (Å²) in [6.45, 7) is 2.01. The van der Waals surface area contributed by atoms with Crippen LogP contribution in [0.2, 0.25) is 0 Å². The van der Waals surface area contributed by atoms with Crippen LogP contribution in [0.3, 0.4) is 0 Å². The number of imidazole rings is 1. The fraction of sp³-hybridized carbons (Fsp3) is 0.158. The standard InChI is InChI=1S/C19H19N3O/c1-14-7-9-16(10-8-14)19(23)22-17(13-18-20-11-12-21-18)15-5-3-2-4-6-15/h2-12,17H,13H2,1H3,(H,20,21)(H,22,23)/t17-/m0/s1. The molecule has 4 nitrogen and oxygen atoms in total. The summed E-state index contributed by atoms with van der Waals surface area (Å²) < 4.78 is 0. The van der Waals surface area contributed by atoms with E-state index in [2.05, 4.69) is 15.3 Å². The second kappa shape index (κ2) is 6.92. The Morgan fingerprint density at radius 3 is 2.52 bits per heavy atom. The molecule has 1 aromatic heterocycles. The van der Waals surface area contributed by atoms with E-state index >= 15 is 0 Å². The Labute approximate surface area is 135 Å². The smallest absolute Gasteiger partial charge is 0.251 e. The molecule has 0 saturated carbocycles. The zero-order chi connectivity index (χ0) is 16.1. The van der Waals surface area contributed by atoms with Gasteiger partial charge in [-0.1, -0.05) is 48.0 Å². The third-order valence-electron chi connectivity index (χ3n) is 3.77. The first kappa shape index (κ1) is 15.0. The van der Waals surface area contributed by atoms with Crippen LogP contribution in [-0.4, -0.2) is 15.9 Å². The van der Waals surface area contributed by atoms with Gasteiger partial charge in [0.05, 0.1) is 6.04 Å². The summed E-state index contributed by atoms with van der Waals surface area (Å²) in [7, 11) is 0. The summed E-state index contributed by atoms with van der Waals surface area (Å²) in [5, 5.41) is 3.11. The number of hydrogen-bond donors (Lipinski definition) is 2. The number of hydrogen-bond acceptors (Lipinski definition) is 2. The monoisotopic (exact) mass is 305 g/mol. The van der Waals surface area contributed by atoms with Gasteiger partial charge in [-0.2, -0.15) is 0 Å². The van der Waals surface area contributed by atoms with E-state index in [-0.39, 0.29) is 11.9 Å². The van der Waals surface area contributed by atoms with Gasteiger partial charge < -0.3 is 10.3 Å². The summed E-state index contributed by atoms with van der Waals surface area (Å²) in [5.41, 5.74) is 2.86. The number of amides is 1. The molecule has 0 spiro atoms. The first-order chi connectivity index (χ1) is 11.2. The number of aromatic amines is 1. The van der Waals surface area contributed by atoms with E-state index in [9.17, 15) is 4.79 Å². The molecule has 0 saturated heterocycles. The Hall–Kier alpha value is -2.88. The fourth-order valence-corrected chi connectivity index (χ4v) is 2.49. The van der Waals surface area contributed by atoms with Crippen LogP contribution in [0.4, 0.5) is 0 Å². The van der Waals surface area contributed by atoms with Gasteiger partial charge in [-0.3, -0.25) is 4.79 Å². The molecule has 0 radical (unpaired) electrons. The summed E-state index contributed by atoms with van der Waals surface area (Å²) in [4.78, 5) is 19.9. The van der Waals surface area contributed by atoms with E-state index in [1.54, 1.807) is 12.4 Å². The minimum absolute atomic E-state index is 0.0783. The Bertz CT molecular complexity index is 749. The molecule has 23 heavy (non-hydrogen) atoms. The van der Waals surface area contributed by atoms with Gasteiger partial charge in [0.1, 0.15) is 5.82 Å². The molecule has 1 heterocycles. The maximum Gasteiger partial charge on any atom is 0.251 e. The topological polar surface area (TPSA) is 57.8 Å². The molecular weight excluding hydrogens is 286 g/mol. The lowest BCUT2D eigenvalue weighted by Crippen LogP contribution is -2.30. The van der Waals surface area contributed by atoms with E-state index in [0.717, 1.165) is 17.0 Å². The molecule has 0 aliphatic rings. The molecule has 2 aromatic carbocycles. The molecular formula is C19H19N3O. The maximum absolute atomic E-state index is 12.5. The van der Waals surface area contributed by atoms with Crippen molar-refractivity contribution in [3.63, 3.8) is 0 Å². The number of aryl methyl sites for hydroxylation is 1. The lowest BCUT2D eigenvalue weighted by molar-refractivity contribution is 0.0936. The second-order valence-electron chi connectivity index (χ2n) is 5.54. The number of nitrogens with one attached hydrogen (secondary N) is 2. The van der Waals surface area contributed by atoms with Crippen molar-refractivity contribution in [1.29, 1.82) is 0 Å². The number of carbonyl (C=O) groups is 1. The summed E-state index contributed by atoms with van der Waals surface area (Å²) >= 11 is 0. The van der Waals surface area contributed by atoms with E-state index < -0.39 is 0 Å². The predicted octanol–water partition coefficient (Wildman–Crippen LogP) is 3.43. The van der Waals surface area contributed by atoms with Crippen LogP contribution >= 0.6 is 0 Å². The zero-order valence-corrected chi connectivity index (χ0v) is 13.0. The molecule has 1 atom stereocenters. The summed E-state index contributed by atoms with van der Waals surface area (Å²) in [6.07, 6.45) is 4.13. The van der Waals surface area contributed by atoms with E-state index in [4.69, 9.17) is 0 Å². The van der Waals surface area contributed by atoms with Crippen LogP contribution in [-0.2, 0) is 6.42 Å². The lowest BCUT2D eigenvalue weighted by atomic mass is 10.0. The Balaban J connectivity index is 1.80. The van der Waals surface area contributed by atoms with Crippen LogP contribution in [0.5, 0.6) is 0 Å². The van der Waals surface area contributed by atoms with Crippen LogP contribution in [0.15, 0.2) is 67.0 Å². The van der Waals surface area contributed by atoms with Crippen molar-refractivity contribution < 1.29 is 4.79 Å². The summed E-state index contributed by atoms with van der Waals surface area (Å²) in [5.74, 6) is 0.772. The van der Waals surface area contributed by atoms with Crippen molar-refractivity contribution in [2.24, 2.45) is 0 Å². The largest absolute Gasteiger partial charge is 0.349 e. The van der Waals surface area contributed by atoms with Gasteiger partial charge >= 0.3 is 0 Å². The lowest BCUT2D eigenvalue weighted by Gasteiger charge is -2.18. The molecule has 3 aromatic rings. The molecule has 0 aliphatic heterocycles. The van der Waals surface area contributed by atoms with Gasteiger partial charge in [0.25, 0.3) is 5.91 Å². The normalized spacial score (nSPS) is 11.9. The highest BCUT2D eigenvalue weighted by Crippen LogP contribution is 2.17. The maximum atomic E-state index is 12.5. The van der Waals surface area contributed by atoms with Gasteiger partial charge in [-0.15, -0.1) is 0 Å². The van der Waals surface area contributed by atoms with Crippen LogP contribution < -0.4 is 5.32 Å². The average Bonchev–Trinajstić information content (AvgIpc) is 3.09. The van der Waals surface area contributed by atoms with Gasteiger partial charge in [0, 0.05) is 24.4 Å². The van der Waals surface area contributed by atoms with Crippen molar-refractivity contribution in [2.45, 2.75) is 19.4 Å². The Morgan fingerprint density at radius 2 is 1.87 bits per heavy atom. The molecule has 0 aliphatic carbocycles. The number of rotatable bonds is 5. The van der Waals surface area contributed by atoms with Gasteiger partial charge in [-0.25, -0.2) is 4.98 Å². The summed E-state index contributed by atoms with van der Waals surface area (Å²) in [6, 6.07) is 17.4. The number of aromatic nitrogens is 2. The number of nitrogens with zero attached hydrogens (tertiary/aromatic N) is 1. The van der Waals surface area contributed by atoms with Crippen molar-refractivity contribution in [3.05, 3.63) is 89.5 Å². The molecule has 0 fully saturated rings. The Morgan fingerprint density at radius 1 is 1.13 bits per heavy atom. The first-order valence-electron chi connectivity index (χ1n) is 7.63. The Kier molecular flexibility index (Phi) is 4.52. The minimum Gasteiger partial charge on any atom is -0.349 e. The highest BCUT2D eigenvalue weighted by Gasteiger charge is 2.17. The molecule has 2 N–H and O–H groups in total. The average molecular weight is 305 g/mol. The third kappa shape index (κ3) is 3.86. The number of H-pyrrole nitrogens is 1. The highest BCUT2D eigenvalue weighted by molar-refractivity contribution is 5.94. The number of benzene rings is 2. The van der Waals surface area contributed by atoms with Crippen LogP contribution in [0.25, 0.3) is 0 Å². The molecule has 116 valence electrons. The van der Waals surface area contributed by atoms with Gasteiger partial charge in [-0.05, 0) is 24.6 Å². The second-order valence-corrected chi connectivity index (χ2v) is 5.54. The molecule has 0 bridgehead atoms. The van der Waals surface area contributed by atoms with Crippen molar-refractivity contribution >= 4 is 5.91 Å². The van der Waals surface area contributed by atoms with E-state index in [1.165, 1.54) is 0 Å². The molecule has 4 heteroatoms. The predicted molar refractivity (Wildman–Crippen MR) is 90.1 cm³/mol. The quantitative estimate of drug-likeness (QED) is 0.758. The van der Waals surface area contributed by atoms with Crippen molar-refractivity contribution in [2.75, 3.05) is 0 Å². The zero-order valence-electron chi connectivity index (χ0n) is 13.0. The van der Waals surface area contributed by atoms with Crippen LogP contribution in [0, 0.1) is 6.92 Å². The minimum atomic E-state index is -0.129. The highest BCUT2D eigenvalue weighted by atomic mass is 16.1. The van der Waals surface area contributed by atoms with E-state index in [0.29, 0.717) is 12.0 Å². The fourth-order valence-electron chi connectivity index (χ4n) is 2.49. The van der Waals surface area contributed by atoms with Crippen LogP contribution in [0.1, 0.15) is 33.4 Å².